The van der Waals surface area contributed by atoms with Gasteiger partial charge in [0.15, 0.2) is 0 Å². The van der Waals surface area contributed by atoms with Crippen LogP contribution in [-0.2, 0) is 11.2 Å². The van der Waals surface area contributed by atoms with Gasteiger partial charge >= 0.3 is 0 Å². The summed E-state index contributed by atoms with van der Waals surface area (Å²) in [4.78, 5) is 30.1. The van der Waals surface area contributed by atoms with Gasteiger partial charge in [0.1, 0.15) is 5.82 Å². The molecule has 0 aliphatic heterocycles. The van der Waals surface area contributed by atoms with E-state index in [9.17, 15) is 9.59 Å². The number of fused-ring (bicyclic) bond motifs is 1. The summed E-state index contributed by atoms with van der Waals surface area (Å²) < 4.78 is 1.84. The lowest BCUT2D eigenvalue weighted by Gasteiger charge is -2.21. The predicted octanol–water partition coefficient (Wildman–Crippen LogP) is 3.89. The Hall–Kier alpha value is -2.17. The monoisotopic (exact) mass is 367 g/mol. The molecule has 5 nitrogen and oxygen atoms in total. The van der Waals surface area contributed by atoms with Crippen LogP contribution in [0.1, 0.15) is 76.1 Å². The highest BCUT2D eigenvalue weighted by molar-refractivity contribution is 5.78. The minimum Gasteiger partial charge on any atom is -0.353 e. The predicted molar refractivity (Wildman–Crippen MR) is 107 cm³/mol. The Morgan fingerprint density at radius 1 is 1.04 bits per heavy atom. The molecule has 0 unspecified atom stereocenters. The fourth-order valence-electron chi connectivity index (χ4n) is 4.20. The number of nitrogens with zero attached hydrogens (tertiary/aromatic N) is 2. The third-order valence-corrected chi connectivity index (χ3v) is 5.84. The Morgan fingerprint density at radius 2 is 1.74 bits per heavy atom. The van der Waals surface area contributed by atoms with E-state index in [1.807, 2.05) is 28.8 Å². The van der Waals surface area contributed by atoms with E-state index in [-0.39, 0.29) is 17.5 Å². The van der Waals surface area contributed by atoms with Crippen molar-refractivity contribution >= 4 is 16.8 Å². The normalized spacial score (nSPS) is 18.8. The number of aromatic nitrogens is 2. The number of carbonyl (C=O) groups excluding carboxylic acids is 1. The van der Waals surface area contributed by atoms with Crippen LogP contribution in [0.5, 0.6) is 0 Å². The quantitative estimate of drug-likeness (QED) is 0.872. The Kier molecular flexibility index (Phi) is 5.55. The zero-order chi connectivity index (χ0) is 18.6. The van der Waals surface area contributed by atoms with E-state index in [4.69, 9.17) is 4.98 Å². The first kappa shape index (κ1) is 18.2. The molecular weight excluding hydrogens is 338 g/mol. The van der Waals surface area contributed by atoms with Crippen molar-refractivity contribution in [1.82, 2.24) is 14.9 Å². The molecule has 2 aliphatic rings. The number of rotatable bonds is 5. The van der Waals surface area contributed by atoms with Gasteiger partial charge in [0.05, 0.1) is 10.9 Å². The van der Waals surface area contributed by atoms with Gasteiger partial charge in [-0.25, -0.2) is 4.98 Å². The first-order chi connectivity index (χ1) is 13.2. The van der Waals surface area contributed by atoms with Crippen molar-refractivity contribution < 1.29 is 4.79 Å². The molecule has 5 heteroatoms. The third-order valence-electron chi connectivity index (χ3n) is 5.84. The number of carbonyl (C=O) groups is 1. The van der Waals surface area contributed by atoms with Crippen LogP contribution in [0.15, 0.2) is 29.1 Å². The summed E-state index contributed by atoms with van der Waals surface area (Å²) in [6.45, 7) is 0. The van der Waals surface area contributed by atoms with Crippen molar-refractivity contribution in [2.75, 3.05) is 0 Å². The van der Waals surface area contributed by atoms with Crippen LogP contribution in [0.25, 0.3) is 10.9 Å². The molecule has 0 bridgehead atoms. The summed E-state index contributed by atoms with van der Waals surface area (Å²) in [7, 11) is 0. The van der Waals surface area contributed by atoms with Gasteiger partial charge in [-0.05, 0) is 37.8 Å². The number of hydrogen-bond acceptors (Lipinski definition) is 3. The van der Waals surface area contributed by atoms with Crippen LogP contribution < -0.4 is 10.9 Å². The van der Waals surface area contributed by atoms with E-state index >= 15 is 0 Å². The fraction of sp³-hybridized carbons (Fsp3) is 0.591. The molecule has 0 atom stereocenters. The highest BCUT2D eigenvalue weighted by Crippen LogP contribution is 2.34. The summed E-state index contributed by atoms with van der Waals surface area (Å²) in [6.07, 6.45) is 11.5. The SMILES string of the molecule is O=C(CCc1nc2ccccc2c(=O)n1C1CC1)NC1CCCCCCC1. The van der Waals surface area contributed by atoms with Crippen molar-refractivity contribution in [1.29, 1.82) is 0 Å². The number of hydrogen-bond donors (Lipinski definition) is 1. The second kappa shape index (κ2) is 8.24. The van der Waals surface area contributed by atoms with Crippen LogP contribution >= 0.6 is 0 Å². The van der Waals surface area contributed by atoms with Crippen molar-refractivity contribution in [3.63, 3.8) is 0 Å². The fourth-order valence-corrected chi connectivity index (χ4v) is 4.20. The van der Waals surface area contributed by atoms with Crippen LogP contribution in [0, 0.1) is 0 Å². The Labute approximate surface area is 160 Å². The third kappa shape index (κ3) is 4.40. The molecule has 27 heavy (non-hydrogen) atoms. The van der Waals surface area contributed by atoms with Crippen LogP contribution in [0.4, 0.5) is 0 Å². The molecule has 1 amide bonds. The lowest BCUT2D eigenvalue weighted by Crippen LogP contribution is -2.35. The number of nitrogens with one attached hydrogen (secondary N) is 1. The van der Waals surface area contributed by atoms with Crippen molar-refractivity contribution in [2.45, 2.75) is 82.7 Å². The zero-order valence-corrected chi connectivity index (χ0v) is 16.0. The molecule has 1 N–H and O–H groups in total. The van der Waals surface area contributed by atoms with Gasteiger partial charge in [-0.1, -0.05) is 44.2 Å². The zero-order valence-electron chi connectivity index (χ0n) is 16.0. The van der Waals surface area contributed by atoms with E-state index in [0.29, 0.717) is 24.3 Å². The van der Waals surface area contributed by atoms with Crippen molar-refractivity contribution in [3.8, 4) is 0 Å². The van der Waals surface area contributed by atoms with Crippen LogP contribution in [0.2, 0.25) is 0 Å². The first-order valence-electron chi connectivity index (χ1n) is 10.5. The molecule has 2 saturated carbocycles. The van der Waals surface area contributed by atoms with E-state index in [2.05, 4.69) is 5.32 Å². The smallest absolute Gasteiger partial charge is 0.261 e. The molecule has 0 radical (unpaired) electrons. The maximum Gasteiger partial charge on any atom is 0.261 e. The molecule has 4 rings (SSSR count). The molecule has 0 saturated heterocycles. The lowest BCUT2D eigenvalue weighted by atomic mass is 9.96. The molecule has 1 heterocycles. The number of amides is 1. The number of benzene rings is 1. The topological polar surface area (TPSA) is 64.0 Å². The van der Waals surface area contributed by atoms with Gasteiger partial charge in [-0.15, -0.1) is 0 Å². The van der Waals surface area contributed by atoms with E-state index in [1.54, 1.807) is 0 Å². The highest BCUT2D eigenvalue weighted by Gasteiger charge is 2.28. The van der Waals surface area contributed by atoms with Gasteiger partial charge in [0.2, 0.25) is 5.91 Å². The second-order valence-corrected chi connectivity index (χ2v) is 8.06. The van der Waals surface area contributed by atoms with E-state index in [1.165, 1.54) is 32.1 Å². The minimum atomic E-state index is 0.0403. The number of para-hydroxylation sites is 1. The first-order valence-corrected chi connectivity index (χ1v) is 10.5. The maximum atomic E-state index is 12.9. The van der Waals surface area contributed by atoms with Gasteiger partial charge in [-0.3, -0.25) is 14.2 Å². The summed E-state index contributed by atoms with van der Waals surface area (Å²) in [6, 6.07) is 8.08. The second-order valence-electron chi connectivity index (χ2n) is 8.06. The number of aryl methyl sites for hydroxylation is 1. The summed E-state index contributed by atoms with van der Waals surface area (Å²) >= 11 is 0. The molecule has 2 aromatic rings. The Balaban J connectivity index is 1.46. The van der Waals surface area contributed by atoms with E-state index < -0.39 is 0 Å². The summed E-state index contributed by atoms with van der Waals surface area (Å²) in [5, 5.41) is 3.89. The average molecular weight is 367 g/mol. The maximum absolute atomic E-state index is 12.9. The molecule has 1 aromatic heterocycles. The van der Waals surface area contributed by atoms with Crippen LogP contribution in [-0.4, -0.2) is 21.5 Å². The summed E-state index contributed by atoms with van der Waals surface area (Å²) in [5.41, 5.74) is 0.772. The van der Waals surface area contributed by atoms with Gasteiger partial charge in [-0.2, -0.15) is 0 Å². The standard InChI is InChI=1S/C22H29N3O2/c26-21(23-16-8-4-2-1-3-5-9-16)15-14-20-24-19-11-7-6-10-18(19)22(27)25(20)17-12-13-17/h6-7,10-11,16-17H,1-5,8-9,12-15H2,(H,23,26). The molecular formula is C22H29N3O2. The molecule has 0 spiro atoms. The minimum absolute atomic E-state index is 0.0403. The van der Waals surface area contributed by atoms with Gasteiger partial charge in [0, 0.05) is 24.9 Å². The molecule has 144 valence electrons. The van der Waals surface area contributed by atoms with E-state index in [0.717, 1.165) is 37.0 Å². The molecule has 1 aromatic carbocycles. The Morgan fingerprint density at radius 3 is 2.48 bits per heavy atom. The van der Waals surface area contributed by atoms with Gasteiger partial charge < -0.3 is 5.32 Å². The molecule has 2 aliphatic carbocycles. The van der Waals surface area contributed by atoms with Crippen LogP contribution in [0.3, 0.4) is 0 Å². The van der Waals surface area contributed by atoms with Crippen molar-refractivity contribution in [3.05, 3.63) is 40.4 Å². The van der Waals surface area contributed by atoms with Crippen molar-refractivity contribution in [2.24, 2.45) is 0 Å². The van der Waals surface area contributed by atoms with Gasteiger partial charge in [0.25, 0.3) is 5.56 Å². The molecule has 2 fully saturated rings. The Bertz CT molecular complexity index is 861. The summed E-state index contributed by atoms with van der Waals surface area (Å²) in [5.74, 6) is 0.847. The largest absolute Gasteiger partial charge is 0.353 e. The lowest BCUT2D eigenvalue weighted by molar-refractivity contribution is -0.121. The highest BCUT2D eigenvalue weighted by atomic mass is 16.1. The average Bonchev–Trinajstić information content (AvgIpc) is 3.47.